The second-order valence-electron chi connectivity index (χ2n) is 5.66. The van der Waals surface area contributed by atoms with Gasteiger partial charge in [0.25, 0.3) is 0 Å². The molecule has 0 spiro atoms. The lowest BCUT2D eigenvalue weighted by Gasteiger charge is -2.15. The third kappa shape index (κ3) is 3.45. The first-order valence-corrected chi connectivity index (χ1v) is 7.07. The lowest BCUT2D eigenvalue weighted by atomic mass is 9.94. The third-order valence-corrected chi connectivity index (χ3v) is 3.44. The summed E-state index contributed by atoms with van der Waals surface area (Å²) in [5.41, 5.74) is 5.74. The molecule has 0 saturated carbocycles. The van der Waals surface area contributed by atoms with Gasteiger partial charge in [-0.25, -0.2) is 4.39 Å². The molecular weight excluding hydrogens is 249 g/mol. The van der Waals surface area contributed by atoms with Crippen molar-refractivity contribution in [3.05, 3.63) is 58.9 Å². The van der Waals surface area contributed by atoms with Gasteiger partial charge in [0.05, 0.1) is 0 Å². The van der Waals surface area contributed by atoms with Gasteiger partial charge in [0.1, 0.15) is 5.82 Å². The molecule has 1 nitrogen and oxygen atoms in total. The zero-order chi connectivity index (χ0) is 14.7. The van der Waals surface area contributed by atoms with Crippen molar-refractivity contribution in [3.63, 3.8) is 0 Å². The molecule has 0 aliphatic heterocycles. The number of halogens is 1. The van der Waals surface area contributed by atoms with Crippen molar-refractivity contribution in [1.29, 1.82) is 0 Å². The number of rotatable bonds is 4. The van der Waals surface area contributed by atoms with Crippen molar-refractivity contribution >= 4 is 0 Å². The highest BCUT2D eigenvalue weighted by Gasteiger charge is 2.09. The topological polar surface area (TPSA) is 12.0 Å². The lowest BCUT2D eigenvalue weighted by molar-refractivity contribution is 0.589. The van der Waals surface area contributed by atoms with E-state index in [2.05, 4.69) is 44.3 Å². The highest BCUT2D eigenvalue weighted by atomic mass is 19.1. The van der Waals surface area contributed by atoms with E-state index in [1.54, 1.807) is 6.07 Å². The first-order valence-electron chi connectivity index (χ1n) is 7.07. The highest BCUT2D eigenvalue weighted by Crippen LogP contribution is 2.28. The van der Waals surface area contributed by atoms with Crippen LogP contribution in [0.2, 0.25) is 0 Å². The van der Waals surface area contributed by atoms with Gasteiger partial charge in [0.2, 0.25) is 0 Å². The molecule has 0 aliphatic rings. The van der Waals surface area contributed by atoms with Gasteiger partial charge >= 0.3 is 0 Å². The average molecular weight is 271 g/mol. The minimum Gasteiger partial charge on any atom is -0.310 e. The van der Waals surface area contributed by atoms with Gasteiger partial charge in [-0.15, -0.1) is 0 Å². The maximum Gasteiger partial charge on any atom is 0.123 e. The summed E-state index contributed by atoms with van der Waals surface area (Å²) in [4.78, 5) is 0. The zero-order valence-electron chi connectivity index (χ0n) is 12.6. The van der Waals surface area contributed by atoms with Gasteiger partial charge in [-0.2, -0.15) is 0 Å². The SMILES string of the molecule is Cc1ccc(CNC(C)C)c(-c2ccc(F)cc2C)c1. The van der Waals surface area contributed by atoms with Crippen LogP contribution in [0.3, 0.4) is 0 Å². The van der Waals surface area contributed by atoms with Crippen LogP contribution in [-0.2, 0) is 6.54 Å². The number of aryl methyl sites for hydroxylation is 2. The molecule has 2 aromatic rings. The van der Waals surface area contributed by atoms with Crippen LogP contribution in [0.25, 0.3) is 11.1 Å². The van der Waals surface area contributed by atoms with Gasteiger partial charge in [-0.3, -0.25) is 0 Å². The maximum atomic E-state index is 13.3. The van der Waals surface area contributed by atoms with Gasteiger partial charge < -0.3 is 5.32 Å². The van der Waals surface area contributed by atoms with E-state index in [9.17, 15) is 4.39 Å². The molecule has 2 rings (SSSR count). The first-order chi connectivity index (χ1) is 9.47. The number of benzene rings is 2. The van der Waals surface area contributed by atoms with Crippen molar-refractivity contribution in [2.75, 3.05) is 0 Å². The smallest absolute Gasteiger partial charge is 0.123 e. The molecule has 20 heavy (non-hydrogen) atoms. The summed E-state index contributed by atoms with van der Waals surface area (Å²) in [5.74, 6) is -0.180. The Labute approximate surface area is 120 Å². The summed E-state index contributed by atoms with van der Waals surface area (Å²) in [6.45, 7) is 9.14. The first kappa shape index (κ1) is 14.7. The fraction of sp³-hybridized carbons (Fsp3) is 0.333. The van der Waals surface area contributed by atoms with E-state index in [-0.39, 0.29) is 5.82 Å². The van der Waals surface area contributed by atoms with Crippen LogP contribution >= 0.6 is 0 Å². The number of hydrogen-bond donors (Lipinski definition) is 1. The predicted molar refractivity (Wildman–Crippen MR) is 83.3 cm³/mol. The number of nitrogens with one attached hydrogen (secondary N) is 1. The van der Waals surface area contributed by atoms with Crippen molar-refractivity contribution in [2.24, 2.45) is 0 Å². The second-order valence-corrected chi connectivity index (χ2v) is 5.66. The Kier molecular flexibility index (Phi) is 4.56. The fourth-order valence-corrected chi connectivity index (χ4v) is 2.34. The molecular formula is C18H22FN. The van der Waals surface area contributed by atoms with Crippen molar-refractivity contribution in [1.82, 2.24) is 5.32 Å². The predicted octanol–water partition coefficient (Wildman–Crippen LogP) is 4.61. The van der Waals surface area contributed by atoms with E-state index in [1.165, 1.54) is 22.8 Å². The Bertz CT molecular complexity index is 602. The van der Waals surface area contributed by atoms with E-state index < -0.39 is 0 Å². The van der Waals surface area contributed by atoms with Gasteiger partial charge in [-0.05, 0) is 48.2 Å². The summed E-state index contributed by atoms with van der Waals surface area (Å²) in [5, 5.41) is 3.45. The van der Waals surface area contributed by atoms with Crippen LogP contribution in [0.1, 0.15) is 30.5 Å². The summed E-state index contributed by atoms with van der Waals surface area (Å²) >= 11 is 0. The van der Waals surface area contributed by atoms with Crippen LogP contribution in [0.5, 0.6) is 0 Å². The molecule has 2 aromatic carbocycles. The molecule has 1 N–H and O–H groups in total. The molecule has 0 aromatic heterocycles. The minimum absolute atomic E-state index is 0.180. The third-order valence-electron chi connectivity index (χ3n) is 3.44. The van der Waals surface area contributed by atoms with E-state index in [0.717, 1.165) is 17.7 Å². The minimum atomic E-state index is -0.180. The molecule has 0 amide bonds. The molecule has 0 unspecified atom stereocenters. The summed E-state index contributed by atoms with van der Waals surface area (Å²) < 4.78 is 13.3. The normalized spacial score (nSPS) is 11.1. The average Bonchev–Trinajstić information content (AvgIpc) is 2.37. The zero-order valence-corrected chi connectivity index (χ0v) is 12.6. The molecule has 0 bridgehead atoms. The monoisotopic (exact) mass is 271 g/mol. The molecule has 106 valence electrons. The fourth-order valence-electron chi connectivity index (χ4n) is 2.34. The Morgan fingerprint density at radius 3 is 2.40 bits per heavy atom. The van der Waals surface area contributed by atoms with E-state index >= 15 is 0 Å². The van der Waals surface area contributed by atoms with Gasteiger partial charge in [-0.1, -0.05) is 43.7 Å². The highest BCUT2D eigenvalue weighted by molar-refractivity contribution is 5.71. The van der Waals surface area contributed by atoms with Crippen LogP contribution in [0.15, 0.2) is 36.4 Å². The summed E-state index contributed by atoms with van der Waals surface area (Å²) in [6, 6.07) is 11.9. The van der Waals surface area contributed by atoms with Crippen LogP contribution in [0.4, 0.5) is 4.39 Å². The molecule has 0 radical (unpaired) electrons. The van der Waals surface area contributed by atoms with Crippen LogP contribution < -0.4 is 5.32 Å². The molecule has 0 saturated heterocycles. The summed E-state index contributed by atoms with van der Waals surface area (Å²) in [6.07, 6.45) is 0. The quantitative estimate of drug-likeness (QED) is 0.856. The maximum absolute atomic E-state index is 13.3. The van der Waals surface area contributed by atoms with Crippen molar-refractivity contribution in [3.8, 4) is 11.1 Å². The van der Waals surface area contributed by atoms with E-state index in [4.69, 9.17) is 0 Å². The second kappa shape index (κ2) is 6.19. The molecule has 2 heteroatoms. The lowest BCUT2D eigenvalue weighted by Crippen LogP contribution is -2.22. The molecule has 0 fully saturated rings. The largest absolute Gasteiger partial charge is 0.310 e. The van der Waals surface area contributed by atoms with Gasteiger partial charge in [0.15, 0.2) is 0 Å². The molecule has 0 atom stereocenters. The number of hydrogen-bond acceptors (Lipinski definition) is 1. The molecule has 0 heterocycles. The molecule has 0 aliphatic carbocycles. The Hall–Kier alpha value is -1.67. The Morgan fingerprint density at radius 1 is 1.00 bits per heavy atom. The van der Waals surface area contributed by atoms with Crippen molar-refractivity contribution in [2.45, 2.75) is 40.3 Å². The summed E-state index contributed by atoms with van der Waals surface area (Å²) in [7, 11) is 0. The van der Waals surface area contributed by atoms with Gasteiger partial charge in [0, 0.05) is 12.6 Å². The van der Waals surface area contributed by atoms with E-state index in [0.29, 0.717) is 6.04 Å². The Balaban J connectivity index is 2.45. The standard InChI is InChI=1S/C18H22FN/c1-12(2)20-11-15-6-5-13(3)9-18(15)17-8-7-16(19)10-14(17)4/h5-10,12,20H,11H2,1-4H3. The van der Waals surface area contributed by atoms with Crippen molar-refractivity contribution < 1.29 is 4.39 Å². The van der Waals surface area contributed by atoms with Crippen LogP contribution in [-0.4, -0.2) is 6.04 Å². The van der Waals surface area contributed by atoms with E-state index in [1.807, 2.05) is 13.0 Å². The van der Waals surface area contributed by atoms with Crippen LogP contribution in [0, 0.1) is 19.7 Å². The Morgan fingerprint density at radius 2 is 1.75 bits per heavy atom.